The highest BCUT2D eigenvalue weighted by atomic mass is 16.1. The van der Waals surface area contributed by atoms with Crippen molar-refractivity contribution < 1.29 is 4.79 Å². The summed E-state index contributed by atoms with van der Waals surface area (Å²) in [4.78, 5) is 13.2. The second-order valence-electron chi connectivity index (χ2n) is 5.13. The van der Waals surface area contributed by atoms with Gasteiger partial charge in [0.15, 0.2) is 0 Å². The zero-order valence-electron chi connectivity index (χ0n) is 12.1. The van der Waals surface area contributed by atoms with Crippen LogP contribution in [0.25, 0.3) is 0 Å². The molecule has 2 rings (SSSR count). The minimum atomic E-state index is -0.00102. The molecule has 3 heteroatoms. The van der Waals surface area contributed by atoms with E-state index in [0.717, 1.165) is 18.7 Å². The molecule has 0 atom stereocenters. The molecule has 0 aromatic heterocycles. The molecule has 1 aromatic rings. The maximum Gasteiger partial charge on any atom is 0.216 e. The number of amides is 1. The van der Waals surface area contributed by atoms with Crippen molar-refractivity contribution in [3.8, 4) is 11.8 Å². The Balaban J connectivity index is 1.92. The molecule has 1 amide bonds. The fourth-order valence-electron chi connectivity index (χ4n) is 2.40. The number of piperidine rings is 1. The molecule has 1 heterocycles. The molecule has 1 aromatic carbocycles. The van der Waals surface area contributed by atoms with Crippen LogP contribution in [-0.4, -0.2) is 25.5 Å². The predicted octanol–water partition coefficient (Wildman–Crippen LogP) is 2.55. The van der Waals surface area contributed by atoms with E-state index in [4.69, 9.17) is 0 Å². The smallest absolute Gasteiger partial charge is 0.216 e. The van der Waals surface area contributed by atoms with Gasteiger partial charge in [-0.25, -0.2) is 0 Å². The van der Waals surface area contributed by atoms with Crippen molar-refractivity contribution in [2.24, 2.45) is 0 Å². The summed E-state index contributed by atoms with van der Waals surface area (Å²) < 4.78 is 0. The third-order valence-electron chi connectivity index (χ3n) is 3.42. The van der Waals surface area contributed by atoms with Crippen molar-refractivity contribution in [1.82, 2.24) is 5.32 Å². The Morgan fingerprint density at radius 2 is 2.10 bits per heavy atom. The van der Waals surface area contributed by atoms with E-state index in [1.807, 2.05) is 6.07 Å². The van der Waals surface area contributed by atoms with Crippen molar-refractivity contribution in [3.05, 3.63) is 29.8 Å². The molecular weight excluding hydrogens is 248 g/mol. The van der Waals surface area contributed by atoms with Crippen LogP contribution in [0.15, 0.2) is 24.3 Å². The Hall–Kier alpha value is -1.95. The van der Waals surface area contributed by atoms with Gasteiger partial charge < -0.3 is 10.2 Å². The first-order valence-corrected chi connectivity index (χ1v) is 7.34. The van der Waals surface area contributed by atoms with Crippen LogP contribution in [0, 0.1) is 11.8 Å². The molecule has 1 aliphatic rings. The van der Waals surface area contributed by atoms with E-state index in [1.165, 1.54) is 31.9 Å². The summed E-state index contributed by atoms with van der Waals surface area (Å²) in [6, 6.07) is 8.44. The van der Waals surface area contributed by atoms with Gasteiger partial charge >= 0.3 is 0 Å². The Morgan fingerprint density at radius 1 is 1.30 bits per heavy atom. The van der Waals surface area contributed by atoms with E-state index in [9.17, 15) is 4.79 Å². The Kier molecular flexibility index (Phi) is 5.49. The highest BCUT2D eigenvalue weighted by Gasteiger charge is 2.10. The average Bonchev–Trinajstić information content (AvgIpc) is 2.48. The number of nitrogens with one attached hydrogen (secondary N) is 1. The molecular formula is C17H22N2O. The maximum atomic E-state index is 10.7. The van der Waals surface area contributed by atoms with Crippen molar-refractivity contribution in [2.45, 2.75) is 32.6 Å². The van der Waals surface area contributed by atoms with Gasteiger partial charge in [-0.3, -0.25) is 4.79 Å². The molecule has 106 valence electrons. The van der Waals surface area contributed by atoms with Crippen molar-refractivity contribution in [3.63, 3.8) is 0 Å². The number of nitrogens with zero attached hydrogens (tertiary/aromatic N) is 1. The summed E-state index contributed by atoms with van der Waals surface area (Å²) in [5.74, 6) is 6.27. The fourth-order valence-corrected chi connectivity index (χ4v) is 2.40. The van der Waals surface area contributed by atoms with Gasteiger partial charge in [-0.15, -0.1) is 0 Å². The first kappa shape index (κ1) is 14.5. The summed E-state index contributed by atoms with van der Waals surface area (Å²) >= 11 is 0. The summed E-state index contributed by atoms with van der Waals surface area (Å²) in [7, 11) is 0. The van der Waals surface area contributed by atoms with Crippen LogP contribution in [0.2, 0.25) is 0 Å². The number of anilines is 1. The van der Waals surface area contributed by atoms with Crippen LogP contribution in [0.3, 0.4) is 0 Å². The lowest BCUT2D eigenvalue weighted by Gasteiger charge is -2.28. The minimum Gasteiger partial charge on any atom is -0.372 e. The quantitative estimate of drug-likeness (QED) is 0.676. The molecule has 0 aliphatic carbocycles. The molecule has 0 spiro atoms. The molecule has 0 unspecified atom stereocenters. The molecule has 1 fully saturated rings. The summed E-state index contributed by atoms with van der Waals surface area (Å²) in [5, 5.41) is 2.75. The van der Waals surface area contributed by atoms with Crippen LogP contribution < -0.4 is 10.2 Å². The van der Waals surface area contributed by atoms with Gasteiger partial charge in [0, 0.05) is 44.2 Å². The number of benzene rings is 1. The van der Waals surface area contributed by atoms with Crippen LogP contribution >= 0.6 is 0 Å². The predicted molar refractivity (Wildman–Crippen MR) is 82.7 cm³/mol. The highest BCUT2D eigenvalue weighted by molar-refractivity contribution is 5.72. The van der Waals surface area contributed by atoms with Gasteiger partial charge in [0.25, 0.3) is 0 Å². The number of hydrogen-bond acceptors (Lipinski definition) is 2. The SMILES string of the molecule is CC(=O)NCCC#Cc1cccc(N2CCCCC2)c1. The van der Waals surface area contributed by atoms with Gasteiger partial charge in [-0.1, -0.05) is 17.9 Å². The first-order valence-electron chi connectivity index (χ1n) is 7.34. The van der Waals surface area contributed by atoms with Gasteiger partial charge in [0.05, 0.1) is 0 Å². The summed E-state index contributed by atoms with van der Waals surface area (Å²) in [6.45, 7) is 4.45. The summed E-state index contributed by atoms with van der Waals surface area (Å²) in [6.07, 6.45) is 4.60. The Labute approximate surface area is 121 Å². The molecule has 0 saturated carbocycles. The fraction of sp³-hybridized carbons (Fsp3) is 0.471. The van der Waals surface area contributed by atoms with E-state index < -0.39 is 0 Å². The van der Waals surface area contributed by atoms with E-state index in [-0.39, 0.29) is 5.91 Å². The van der Waals surface area contributed by atoms with Crippen molar-refractivity contribution in [1.29, 1.82) is 0 Å². The van der Waals surface area contributed by atoms with Gasteiger partial charge in [0.2, 0.25) is 5.91 Å². The van der Waals surface area contributed by atoms with E-state index in [2.05, 4.69) is 40.3 Å². The molecule has 0 radical (unpaired) electrons. The summed E-state index contributed by atoms with van der Waals surface area (Å²) in [5.41, 5.74) is 2.33. The third kappa shape index (κ3) is 4.62. The Bertz CT molecular complexity index is 507. The largest absolute Gasteiger partial charge is 0.372 e. The monoisotopic (exact) mass is 270 g/mol. The highest BCUT2D eigenvalue weighted by Crippen LogP contribution is 2.20. The zero-order valence-corrected chi connectivity index (χ0v) is 12.1. The van der Waals surface area contributed by atoms with E-state index >= 15 is 0 Å². The lowest BCUT2D eigenvalue weighted by molar-refractivity contribution is -0.118. The lowest BCUT2D eigenvalue weighted by Crippen LogP contribution is -2.29. The van der Waals surface area contributed by atoms with Crippen LogP contribution in [0.4, 0.5) is 5.69 Å². The van der Waals surface area contributed by atoms with Crippen LogP contribution in [-0.2, 0) is 4.79 Å². The Morgan fingerprint density at radius 3 is 2.85 bits per heavy atom. The standard InChI is InChI=1S/C17H22N2O/c1-15(20)18-11-4-3-8-16-9-7-10-17(14-16)19-12-5-2-6-13-19/h7,9-10,14H,2,4-6,11-13H2,1H3,(H,18,20). The third-order valence-corrected chi connectivity index (χ3v) is 3.42. The van der Waals surface area contributed by atoms with Crippen LogP contribution in [0.5, 0.6) is 0 Å². The maximum absolute atomic E-state index is 10.7. The molecule has 20 heavy (non-hydrogen) atoms. The van der Waals surface area contributed by atoms with Crippen molar-refractivity contribution >= 4 is 11.6 Å². The molecule has 1 N–H and O–H groups in total. The second kappa shape index (κ2) is 7.59. The topological polar surface area (TPSA) is 32.3 Å². The van der Waals surface area contributed by atoms with Crippen molar-refractivity contribution in [2.75, 3.05) is 24.5 Å². The lowest BCUT2D eigenvalue weighted by atomic mass is 10.1. The average molecular weight is 270 g/mol. The molecule has 3 nitrogen and oxygen atoms in total. The number of carbonyl (C=O) groups is 1. The molecule has 1 aliphatic heterocycles. The van der Waals surface area contributed by atoms with E-state index in [1.54, 1.807) is 0 Å². The van der Waals surface area contributed by atoms with Gasteiger partial charge in [0.1, 0.15) is 0 Å². The molecule has 1 saturated heterocycles. The van der Waals surface area contributed by atoms with Gasteiger partial charge in [-0.05, 0) is 37.5 Å². The van der Waals surface area contributed by atoms with Crippen LogP contribution in [0.1, 0.15) is 38.2 Å². The number of hydrogen-bond donors (Lipinski definition) is 1. The van der Waals surface area contributed by atoms with Gasteiger partial charge in [-0.2, -0.15) is 0 Å². The minimum absolute atomic E-state index is 0.00102. The zero-order chi connectivity index (χ0) is 14.2. The molecule has 0 bridgehead atoms. The normalized spacial score (nSPS) is 14.3. The van der Waals surface area contributed by atoms with E-state index in [0.29, 0.717) is 13.0 Å². The second-order valence-corrected chi connectivity index (χ2v) is 5.13. The number of carbonyl (C=O) groups excluding carboxylic acids is 1. The first-order chi connectivity index (χ1) is 9.75. The number of rotatable bonds is 3.